The van der Waals surface area contributed by atoms with Gasteiger partial charge in [0.05, 0.1) is 12.2 Å². The van der Waals surface area contributed by atoms with Crippen molar-refractivity contribution in [3.63, 3.8) is 0 Å². The average molecular weight is 226 g/mol. The monoisotopic (exact) mass is 226 g/mol. The fourth-order valence-electron chi connectivity index (χ4n) is 1.48. The van der Waals surface area contributed by atoms with Crippen LogP contribution in [0.5, 0.6) is 0 Å². The van der Waals surface area contributed by atoms with Crippen LogP contribution in [-0.2, 0) is 11.2 Å². The highest BCUT2D eigenvalue weighted by molar-refractivity contribution is 4.97. The van der Waals surface area contributed by atoms with Crippen LogP contribution in [0.1, 0.15) is 44.4 Å². The van der Waals surface area contributed by atoms with Crippen LogP contribution in [0.25, 0.3) is 0 Å². The maximum Gasteiger partial charge on any atom is 0.211 e. The lowest BCUT2D eigenvalue weighted by molar-refractivity contribution is 0.193. The smallest absolute Gasteiger partial charge is 0.211 e. The average Bonchev–Trinajstić information content (AvgIpc) is 2.75. The van der Waals surface area contributed by atoms with Crippen LogP contribution in [0.15, 0.2) is 10.6 Å². The van der Waals surface area contributed by atoms with Gasteiger partial charge in [-0.15, -0.1) is 0 Å². The second-order valence-electron chi connectivity index (χ2n) is 3.94. The molecule has 92 valence electrons. The molecular formula is C12H22N2O2. The van der Waals surface area contributed by atoms with Gasteiger partial charge in [0.25, 0.3) is 0 Å². The summed E-state index contributed by atoms with van der Waals surface area (Å²) >= 11 is 0. The van der Waals surface area contributed by atoms with Gasteiger partial charge < -0.3 is 14.5 Å². The Morgan fingerprint density at radius 2 is 2.38 bits per heavy atom. The molecule has 0 aliphatic heterocycles. The molecule has 0 aliphatic rings. The molecule has 0 aromatic carbocycles. The summed E-state index contributed by atoms with van der Waals surface area (Å²) in [4.78, 5) is 4.28. The third kappa shape index (κ3) is 4.33. The molecule has 1 atom stereocenters. The largest absolute Gasteiger partial charge is 0.444 e. The van der Waals surface area contributed by atoms with Crippen molar-refractivity contribution in [3.8, 4) is 0 Å². The molecule has 0 bridgehead atoms. The summed E-state index contributed by atoms with van der Waals surface area (Å²) < 4.78 is 10.7. The van der Waals surface area contributed by atoms with Gasteiger partial charge in [0.1, 0.15) is 5.76 Å². The number of hydrogen-bond donors (Lipinski definition) is 1. The van der Waals surface area contributed by atoms with Crippen LogP contribution in [0, 0.1) is 0 Å². The van der Waals surface area contributed by atoms with Crippen molar-refractivity contribution in [1.82, 2.24) is 10.3 Å². The molecule has 1 N–H and O–H groups in total. The fraction of sp³-hybridized carbons (Fsp3) is 0.750. The summed E-state index contributed by atoms with van der Waals surface area (Å²) in [6, 6.07) is 0.191. The quantitative estimate of drug-likeness (QED) is 0.691. The Balaban J connectivity index is 2.37. The second-order valence-corrected chi connectivity index (χ2v) is 3.94. The van der Waals surface area contributed by atoms with E-state index >= 15 is 0 Å². The van der Waals surface area contributed by atoms with Crippen molar-refractivity contribution in [2.75, 3.05) is 20.3 Å². The van der Waals surface area contributed by atoms with Gasteiger partial charge in [0, 0.05) is 20.1 Å². The standard InChI is InChI=1S/C12H22N2O2/c1-4-7-13-10(2)12-14-9-11(16-12)6-5-8-15-3/h9-10,13H,4-8H2,1-3H3. The fourth-order valence-corrected chi connectivity index (χ4v) is 1.48. The highest BCUT2D eigenvalue weighted by Crippen LogP contribution is 2.13. The molecule has 0 aliphatic carbocycles. The molecule has 0 spiro atoms. The zero-order chi connectivity index (χ0) is 11.8. The van der Waals surface area contributed by atoms with E-state index in [9.17, 15) is 0 Å². The zero-order valence-electron chi connectivity index (χ0n) is 10.5. The van der Waals surface area contributed by atoms with E-state index < -0.39 is 0 Å². The molecule has 1 aromatic heterocycles. The van der Waals surface area contributed by atoms with Crippen molar-refractivity contribution in [2.45, 2.75) is 39.2 Å². The van der Waals surface area contributed by atoms with E-state index in [0.717, 1.165) is 44.1 Å². The second kappa shape index (κ2) is 7.41. The molecule has 1 heterocycles. The Bertz CT molecular complexity index is 286. The number of hydrogen-bond acceptors (Lipinski definition) is 4. The van der Waals surface area contributed by atoms with E-state index in [2.05, 4.69) is 24.1 Å². The van der Waals surface area contributed by atoms with Crippen molar-refractivity contribution >= 4 is 0 Å². The van der Waals surface area contributed by atoms with Crippen molar-refractivity contribution in [3.05, 3.63) is 17.8 Å². The van der Waals surface area contributed by atoms with Crippen LogP contribution in [0.2, 0.25) is 0 Å². The molecule has 16 heavy (non-hydrogen) atoms. The van der Waals surface area contributed by atoms with E-state index in [1.54, 1.807) is 7.11 Å². The first-order valence-electron chi connectivity index (χ1n) is 5.94. The molecule has 0 amide bonds. The number of nitrogens with zero attached hydrogens (tertiary/aromatic N) is 1. The Morgan fingerprint density at radius 1 is 1.56 bits per heavy atom. The van der Waals surface area contributed by atoms with Gasteiger partial charge >= 0.3 is 0 Å². The lowest BCUT2D eigenvalue weighted by Gasteiger charge is -2.08. The summed E-state index contributed by atoms with van der Waals surface area (Å²) in [5.74, 6) is 1.72. The van der Waals surface area contributed by atoms with Gasteiger partial charge in [-0.1, -0.05) is 6.92 Å². The third-order valence-corrected chi connectivity index (χ3v) is 2.41. The van der Waals surface area contributed by atoms with Gasteiger partial charge in [0.2, 0.25) is 5.89 Å². The highest BCUT2D eigenvalue weighted by atomic mass is 16.5. The van der Waals surface area contributed by atoms with Crippen LogP contribution in [-0.4, -0.2) is 25.2 Å². The lowest BCUT2D eigenvalue weighted by atomic mass is 10.3. The Labute approximate surface area is 97.4 Å². The number of nitrogens with one attached hydrogen (secondary N) is 1. The molecule has 4 heteroatoms. The molecular weight excluding hydrogens is 204 g/mol. The Kier molecular flexibility index (Phi) is 6.11. The van der Waals surface area contributed by atoms with Crippen LogP contribution >= 0.6 is 0 Å². The number of methoxy groups -OCH3 is 1. The molecule has 0 saturated carbocycles. The van der Waals surface area contributed by atoms with Gasteiger partial charge in [-0.25, -0.2) is 4.98 Å². The normalized spacial score (nSPS) is 12.9. The van der Waals surface area contributed by atoms with Crippen molar-refractivity contribution in [1.29, 1.82) is 0 Å². The van der Waals surface area contributed by atoms with E-state index in [1.165, 1.54) is 0 Å². The third-order valence-electron chi connectivity index (χ3n) is 2.41. The van der Waals surface area contributed by atoms with Gasteiger partial charge in [-0.3, -0.25) is 0 Å². The Morgan fingerprint density at radius 3 is 3.06 bits per heavy atom. The van der Waals surface area contributed by atoms with E-state index in [-0.39, 0.29) is 6.04 Å². The van der Waals surface area contributed by atoms with E-state index in [4.69, 9.17) is 9.15 Å². The molecule has 1 aromatic rings. The maximum absolute atomic E-state index is 5.66. The zero-order valence-corrected chi connectivity index (χ0v) is 10.5. The van der Waals surface area contributed by atoms with Crippen molar-refractivity contribution in [2.24, 2.45) is 0 Å². The van der Waals surface area contributed by atoms with E-state index in [1.807, 2.05) is 6.20 Å². The SMILES string of the molecule is CCCNC(C)c1ncc(CCCOC)o1. The summed E-state index contributed by atoms with van der Waals surface area (Å²) in [6.45, 7) is 5.97. The number of oxazole rings is 1. The predicted molar refractivity (Wildman–Crippen MR) is 63.4 cm³/mol. The van der Waals surface area contributed by atoms with Gasteiger partial charge in [0.15, 0.2) is 0 Å². The molecule has 1 rings (SSSR count). The lowest BCUT2D eigenvalue weighted by Crippen LogP contribution is -2.19. The first-order valence-corrected chi connectivity index (χ1v) is 5.94. The number of ether oxygens (including phenoxy) is 1. The summed E-state index contributed by atoms with van der Waals surface area (Å²) in [5.41, 5.74) is 0. The van der Waals surface area contributed by atoms with Crippen LogP contribution < -0.4 is 5.32 Å². The minimum atomic E-state index is 0.191. The van der Waals surface area contributed by atoms with Crippen LogP contribution in [0.3, 0.4) is 0 Å². The molecule has 0 saturated heterocycles. The first-order chi connectivity index (χ1) is 7.77. The number of rotatable bonds is 8. The van der Waals surface area contributed by atoms with Gasteiger partial charge in [-0.05, 0) is 26.3 Å². The minimum absolute atomic E-state index is 0.191. The molecule has 0 fully saturated rings. The topological polar surface area (TPSA) is 47.3 Å². The summed E-state index contributed by atoms with van der Waals surface area (Å²) in [6.07, 6.45) is 4.80. The Hall–Kier alpha value is -0.870. The minimum Gasteiger partial charge on any atom is -0.444 e. The first kappa shape index (κ1) is 13.2. The van der Waals surface area contributed by atoms with Crippen LogP contribution in [0.4, 0.5) is 0 Å². The van der Waals surface area contributed by atoms with Crippen molar-refractivity contribution < 1.29 is 9.15 Å². The molecule has 4 nitrogen and oxygen atoms in total. The number of aromatic nitrogens is 1. The van der Waals surface area contributed by atoms with Gasteiger partial charge in [-0.2, -0.15) is 0 Å². The maximum atomic E-state index is 5.66. The molecule has 0 radical (unpaired) electrons. The summed E-state index contributed by atoms with van der Waals surface area (Å²) in [5, 5.41) is 3.35. The number of aryl methyl sites for hydroxylation is 1. The molecule has 1 unspecified atom stereocenters. The summed E-state index contributed by atoms with van der Waals surface area (Å²) in [7, 11) is 1.71. The van der Waals surface area contributed by atoms with E-state index in [0.29, 0.717) is 0 Å². The highest BCUT2D eigenvalue weighted by Gasteiger charge is 2.10. The predicted octanol–water partition coefficient (Wildman–Crippen LogP) is 2.31.